The van der Waals surface area contributed by atoms with Gasteiger partial charge in [0.05, 0.1) is 35.7 Å². The lowest BCUT2D eigenvalue weighted by atomic mass is 10.1. The molecule has 35 heavy (non-hydrogen) atoms. The minimum absolute atomic E-state index is 0.218. The minimum atomic E-state index is 0.218. The van der Waals surface area contributed by atoms with Crippen molar-refractivity contribution >= 4 is 39.0 Å². The molecule has 1 saturated carbocycles. The third-order valence-corrected chi connectivity index (χ3v) is 7.40. The van der Waals surface area contributed by atoms with Crippen molar-refractivity contribution in [2.45, 2.75) is 32.2 Å². The molecule has 0 bridgehead atoms. The highest BCUT2D eigenvalue weighted by atomic mass is 32.1. The number of aryl methyl sites for hydroxylation is 1. The lowest BCUT2D eigenvalue weighted by Gasteiger charge is -2.18. The Kier molecular flexibility index (Phi) is 6.70. The summed E-state index contributed by atoms with van der Waals surface area (Å²) in [4.78, 5) is 14.5. The zero-order valence-corrected chi connectivity index (χ0v) is 20.9. The normalized spacial score (nSPS) is 17.5. The van der Waals surface area contributed by atoms with E-state index < -0.39 is 0 Å². The topological polar surface area (TPSA) is 101 Å². The summed E-state index contributed by atoms with van der Waals surface area (Å²) in [6.07, 6.45) is 2.90. The zero-order chi connectivity index (χ0) is 24.4. The van der Waals surface area contributed by atoms with Gasteiger partial charge in [-0.05, 0) is 44.2 Å². The summed E-state index contributed by atoms with van der Waals surface area (Å²) in [6, 6.07) is 13.9. The van der Waals surface area contributed by atoms with Crippen LogP contribution in [0.4, 0.5) is 17.5 Å². The lowest BCUT2D eigenvalue weighted by molar-refractivity contribution is 0.229. The number of aliphatic hydroxyl groups excluding tert-OH is 1. The number of hydrogen-bond acceptors (Lipinski definition) is 9. The second-order valence-corrected chi connectivity index (χ2v) is 9.80. The van der Waals surface area contributed by atoms with Crippen molar-refractivity contribution in [3.8, 4) is 22.1 Å². The van der Waals surface area contributed by atoms with Crippen LogP contribution in [0, 0.1) is 12.8 Å². The van der Waals surface area contributed by atoms with E-state index in [9.17, 15) is 5.11 Å². The Morgan fingerprint density at radius 2 is 1.80 bits per heavy atom. The standard InChI is InChI=1S/C26H29N5O3S/c1-15-23(25-30-21-6-4-5-7-22(21)35-25)24(28-17-9-8-16(10-17)14-32)31-26(27-15)29-18-11-19(33-2)13-20(12-18)34-3/h4-7,11-13,16-17,32H,8-10,14H2,1-3H3,(H2,27,28,29,31)/t16-,17+/m1/s1. The Morgan fingerprint density at radius 3 is 2.49 bits per heavy atom. The maximum atomic E-state index is 9.61. The minimum Gasteiger partial charge on any atom is -0.497 e. The fourth-order valence-electron chi connectivity index (χ4n) is 4.54. The predicted molar refractivity (Wildman–Crippen MR) is 140 cm³/mol. The van der Waals surface area contributed by atoms with Crippen LogP contribution in [0.1, 0.15) is 25.0 Å². The molecular formula is C26H29N5O3S. The number of anilines is 3. The van der Waals surface area contributed by atoms with Gasteiger partial charge in [0.1, 0.15) is 22.3 Å². The van der Waals surface area contributed by atoms with Gasteiger partial charge < -0.3 is 25.2 Å². The van der Waals surface area contributed by atoms with Gasteiger partial charge in [-0.15, -0.1) is 11.3 Å². The van der Waals surface area contributed by atoms with E-state index in [2.05, 4.69) is 16.7 Å². The molecule has 8 nitrogen and oxygen atoms in total. The van der Waals surface area contributed by atoms with Crippen LogP contribution in [0.5, 0.6) is 11.5 Å². The highest BCUT2D eigenvalue weighted by Crippen LogP contribution is 2.38. The first kappa shape index (κ1) is 23.3. The fraction of sp³-hybridized carbons (Fsp3) is 0.346. The second-order valence-electron chi connectivity index (χ2n) is 8.77. The molecule has 0 saturated heterocycles. The lowest BCUT2D eigenvalue weighted by Crippen LogP contribution is -2.19. The summed E-state index contributed by atoms with van der Waals surface area (Å²) in [6.45, 7) is 2.20. The Bertz CT molecular complexity index is 1290. The van der Waals surface area contributed by atoms with Crippen molar-refractivity contribution in [3.05, 3.63) is 48.2 Å². The largest absolute Gasteiger partial charge is 0.497 e. The van der Waals surface area contributed by atoms with Crippen molar-refractivity contribution in [1.82, 2.24) is 15.0 Å². The van der Waals surface area contributed by atoms with Crippen LogP contribution in [0.2, 0.25) is 0 Å². The van der Waals surface area contributed by atoms with Gasteiger partial charge >= 0.3 is 0 Å². The van der Waals surface area contributed by atoms with E-state index in [4.69, 9.17) is 24.4 Å². The summed E-state index contributed by atoms with van der Waals surface area (Å²) in [7, 11) is 3.24. The first-order chi connectivity index (χ1) is 17.1. The number of fused-ring (bicyclic) bond motifs is 1. The highest BCUT2D eigenvalue weighted by molar-refractivity contribution is 7.21. The Morgan fingerprint density at radius 1 is 1.03 bits per heavy atom. The number of thiazole rings is 1. The van der Waals surface area contributed by atoms with Crippen LogP contribution < -0.4 is 20.1 Å². The maximum Gasteiger partial charge on any atom is 0.229 e. The molecule has 1 aliphatic rings. The number of para-hydroxylation sites is 1. The van der Waals surface area contributed by atoms with E-state index in [0.29, 0.717) is 23.4 Å². The van der Waals surface area contributed by atoms with Gasteiger partial charge in [-0.25, -0.2) is 9.97 Å². The summed E-state index contributed by atoms with van der Waals surface area (Å²) in [5, 5.41) is 17.4. The predicted octanol–water partition coefficient (Wildman–Crippen LogP) is 5.40. The Labute approximate surface area is 208 Å². The second kappa shape index (κ2) is 10.1. The number of benzene rings is 2. The number of aliphatic hydroxyl groups is 1. The van der Waals surface area contributed by atoms with Gasteiger partial charge in [-0.1, -0.05) is 12.1 Å². The van der Waals surface area contributed by atoms with E-state index in [1.165, 1.54) is 0 Å². The van der Waals surface area contributed by atoms with Crippen molar-refractivity contribution in [3.63, 3.8) is 0 Å². The van der Waals surface area contributed by atoms with Gasteiger partial charge in [-0.3, -0.25) is 0 Å². The van der Waals surface area contributed by atoms with Gasteiger partial charge in [-0.2, -0.15) is 4.98 Å². The summed E-state index contributed by atoms with van der Waals surface area (Å²) < 4.78 is 11.9. The molecule has 2 heterocycles. The molecule has 0 spiro atoms. The molecule has 0 aliphatic heterocycles. The fourth-order valence-corrected chi connectivity index (χ4v) is 5.61. The van der Waals surface area contributed by atoms with E-state index in [-0.39, 0.29) is 12.6 Å². The van der Waals surface area contributed by atoms with Gasteiger partial charge in [0, 0.05) is 36.5 Å². The highest BCUT2D eigenvalue weighted by Gasteiger charge is 2.26. The molecule has 0 radical (unpaired) electrons. The number of hydrogen-bond donors (Lipinski definition) is 3. The van der Waals surface area contributed by atoms with E-state index >= 15 is 0 Å². The van der Waals surface area contributed by atoms with Crippen molar-refractivity contribution in [2.75, 3.05) is 31.5 Å². The van der Waals surface area contributed by atoms with Crippen LogP contribution in [0.15, 0.2) is 42.5 Å². The number of nitrogens with zero attached hydrogens (tertiary/aromatic N) is 3. The molecule has 2 aromatic carbocycles. The molecular weight excluding hydrogens is 462 g/mol. The van der Waals surface area contributed by atoms with E-state index in [1.807, 2.05) is 43.3 Å². The molecule has 5 rings (SSSR count). The van der Waals surface area contributed by atoms with E-state index in [0.717, 1.165) is 57.2 Å². The monoisotopic (exact) mass is 491 g/mol. The molecule has 3 N–H and O–H groups in total. The third-order valence-electron chi connectivity index (χ3n) is 6.35. The number of nitrogens with one attached hydrogen (secondary N) is 2. The average molecular weight is 492 g/mol. The quantitative estimate of drug-likeness (QED) is 0.301. The summed E-state index contributed by atoms with van der Waals surface area (Å²) in [5.74, 6) is 2.89. The molecule has 0 amide bonds. The van der Waals surface area contributed by atoms with Crippen LogP contribution in [-0.4, -0.2) is 46.9 Å². The van der Waals surface area contributed by atoms with E-state index in [1.54, 1.807) is 25.6 Å². The molecule has 4 aromatic rings. The van der Waals surface area contributed by atoms with Crippen LogP contribution in [-0.2, 0) is 0 Å². The number of aromatic nitrogens is 3. The van der Waals surface area contributed by atoms with Gasteiger partial charge in [0.2, 0.25) is 5.95 Å². The molecule has 2 aromatic heterocycles. The molecule has 9 heteroatoms. The smallest absolute Gasteiger partial charge is 0.229 e. The Balaban J connectivity index is 1.54. The zero-order valence-electron chi connectivity index (χ0n) is 20.0. The molecule has 1 fully saturated rings. The Hall–Kier alpha value is -3.43. The van der Waals surface area contributed by atoms with Gasteiger partial charge in [0.25, 0.3) is 0 Å². The summed E-state index contributed by atoms with van der Waals surface area (Å²) in [5.41, 5.74) is 3.47. The molecule has 0 unspecified atom stereocenters. The first-order valence-corrected chi connectivity index (χ1v) is 12.5. The third kappa shape index (κ3) is 5.01. The van der Waals surface area contributed by atoms with Crippen molar-refractivity contribution in [2.24, 2.45) is 5.92 Å². The molecule has 1 aliphatic carbocycles. The SMILES string of the molecule is COc1cc(Nc2nc(C)c(-c3nc4ccccc4s3)c(N[C@H]3CC[C@@H](CO)C3)n2)cc(OC)c1. The van der Waals surface area contributed by atoms with Crippen molar-refractivity contribution in [1.29, 1.82) is 0 Å². The molecule has 2 atom stereocenters. The van der Waals surface area contributed by atoms with Crippen LogP contribution >= 0.6 is 11.3 Å². The number of rotatable bonds is 8. The van der Waals surface area contributed by atoms with Crippen LogP contribution in [0.3, 0.4) is 0 Å². The van der Waals surface area contributed by atoms with Crippen molar-refractivity contribution < 1.29 is 14.6 Å². The van der Waals surface area contributed by atoms with Crippen LogP contribution in [0.25, 0.3) is 20.8 Å². The number of ether oxygens (including phenoxy) is 2. The maximum absolute atomic E-state index is 9.61. The molecule has 182 valence electrons. The number of methoxy groups -OCH3 is 2. The first-order valence-electron chi connectivity index (χ1n) is 11.7. The average Bonchev–Trinajstić information content (AvgIpc) is 3.50. The van der Waals surface area contributed by atoms with Gasteiger partial charge in [0.15, 0.2) is 0 Å². The summed E-state index contributed by atoms with van der Waals surface area (Å²) >= 11 is 1.64.